The van der Waals surface area contributed by atoms with Gasteiger partial charge in [0.2, 0.25) is 0 Å². The molecule has 0 heterocycles. The average Bonchev–Trinajstić information content (AvgIpc) is 2.05. The third kappa shape index (κ3) is 3.10. The summed E-state index contributed by atoms with van der Waals surface area (Å²) in [5.41, 5.74) is 0. The lowest BCUT2D eigenvalue weighted by Crippen LogP contribution is -2.03. The second kappa shape index (κ2) is 4.81. The monoisotopic (exact) mass is 202 g/mol. The zero-order chi connectivity index (χ0) is 8.97. The van der Waals surface area contributed by atoms with Gasteiger partial charge in [-0.1, -0.05) is 41.6 Å². The van der Waals surface area contributed by atoms with E-state index in [0.29, 0.717) is 0 Å². The van der Waals surface area contributed by atoms with Crippen LogP contribution in [0.5, 0.6) is 0 Å². The standard InChI is InChI=1S/C9H12ClOP/c1-8(2)11-12(10)9-6-4-3-5-7-9/h3-8H,1-2H3. The minimum atomic E-state index is -0.943. The second-order valence-corrected chi connectivity index (χ2v) is 4.87. The Morgan fingerprint density at radius 3 is 2.33 bits per heavy atom. The first-order chi connectivity index (χ1) is 5.70. The largest absolute Gasteiger partial charge is 0.337 e. The molecule has 0 aromatic heterocycles. The number of hydrogen-bond donors (Lipinski definition) is 0. The molecule has 1 aromatic carbocycles. The number of hydrogen-bond acceptors (Lipinski definition) is 1. The van der Waals surface area contributed by atoms with E-state index in [-0.39, 0.29) is 6.10 Å². The van der Waals surface area contributed by atoms with Crippen molar-refractivity contribution in [2.24, 2.45) is 0 Å². The molecule has 0 aliphatic carbocycles. The van der Waals surface area contributed by atoms with Crippen molar-refractivity contribution in [2.75, 3.05) is 0 Å². The van der Waals surface area contributed by atoms with Crippen molar-refractivity contribution in [3.8, 4) is 0 Å². The van der Waals surface area contributed by atoms with E-state index >= 15 is 0 Å². The van der Waals surface area contributed by atoms with Crippen molar-refractivity contribution in [3.63, 3.8) is 0 Å². The minimum absolute atomic E-state index is 0.189. The Morgan fingerprint density at radius 2 is 1.83 bits per heavy atom. The van der Waals surface area contributed by atoms with Gasteiger partial charge >= 0.3 is 0 Å². The Bertz CT molecular complexity index is 225. The zero-order valence-corrected chi connectivity index (χ0v) is 8.85. The van der Waals surface area contributed by atoms with Crippen LogP contribution in [0.25, 0.3) is 0 Å². The third-order valence-corrected chi connectivity index (χ3v) is 3.40. The molecule has 0 saturated heterocycles. The quantitative estimate of drug-likeness (QED) is 0.684. The van der Waals surface area contributed by atoms with E-state index in [0.717, 1.165) is 5.30 Å². The van der Waals surface area contributed by atoms with Gasteiger partial charge in [0, 0.05) is 5.30 Å². The zero-order valence-electron chi connectivity index (χ0n) is 7.20. The summed E-state index contributed by atoms with van der Waals surface area (Å²) in [4.78, 5) is 0. The highest BCUT2D eigenvalue weighted by atomic mass is 35.7. The number of halogens is 1. The van der Waals surface area contributed by atoms with Crippen LogP contribution in [-0.2, 0) is 4.52 Å². The molecule has 0 saturated carbocycles. The number of rotatable bonds is 3. The highest BCUT2D eigenvalue weighted by Crippen LogP contribution is 2.42. The topological polar surface area (TPSA) is 9.23 Å². The van der Waals surface area contributed by atoms with Crippen LogP contribution < -0.4 is 5.30 Å². The van der Waals surface area contributed by atoms with Crippen LogP contribution in [0.1, 0.15) is 13.8 Å². The maximum atomic E-state index is 6.04. The molecule has 1 rings (SSSR count). The van der Waals surface area contributed by atoms with E-state index in [2.05, 4.69) is 0 Å². The van der Waals surface area contributed by atoms with Gasteiger partial charge in [-0.3, -0.25) is 0 Å². The molecule has 0 bridgehead atoms. The molecule has 3 heteroatoms. The highest BCUT2D eigenvalue weighted by molar-refractivity contribution is 7.86. The van der Waals surface area contributed by atoms with Gasteiger partial charge in [-0.15, -0.1) is 0 Å². The maximum Gasteiger partial charge on any atom is 0.157 e. The normalized spacial score (nSPS) is 13.3. The smallest absolute Gasteiger partial charge is 0.157 e. The van der Waals surface area contributed by atoms with Crippen LogP contribution in [-0.4, -0.2) is 6.10 Å². The van der Waals surface area contributed by atoms with Crippen LogP contribution in [0.15, 0.2) is 30.3 Å². The van der Waals surface area contributed by atoms with E-state index in [4.69, 9.17) is 15.8 Å². The lowest BCUT2D eigenvalue weighted by Gasteiger charge is -2.12. The molecule has 1 nitrogen and oxygen atoms in total. The van der Waals surface area contributed by atoms with Crippen molar-refractivity contribution >= 4 is 24.0 Å². The van der Waals surface area contributed by atoms with Crippen molar-refractivity contribution in [1.82, 2.24) is 0 Å². The first kappa shape index (κ1) is 9.98. The fourth-order valence-corrected chi connectivity index (χ4v) is 2.51. The molecule has 12 heavy (non-hydrogen) atoms. The van der Waals surface area contributed by atoms with Gasteiger partial charge in [0.25, 0.3) is 0 Å². The molecule has 0 spiro atoms. The van der Waals surface area contributed by atoms with Gasteiger partial charge in [-0.05, 0) is 13.8 Å². The molecule has 0 aliphatic rings. The molecule has 1 aromatic rings. The van der Waals surface area contributed by atoms with Crippen LogP contribution in [0.4, 0.5) is 0 Å². The van der Waals surface area contributed by atoms with Crippen molar-refractivity contribution < 1.29 is 4.52 Å². The predicted molar refractivity (Wildman–Crippen MR) is 55.1 cm³/mol. The van der Waals surface area contributed by atoms with E-state index in [1.807, 2.05) is 44.2 Å². The Labute approximate surface area is 79.3 Å². The van der Waals surface area contributed by atoms with Gasteiger partial charge < -0.3 is 4.52 Å². The summed E-state index contributed by atoms with van der Waals surface area (Å²) < 4.78 is 5.47. The summed E-state index contributed by atoms with van der Waals surface area (Å²) in [6, 6.07) is 9.88. The Balaban J connectivity index is 2.59. The third-order valence-electron chi connectivity index (χ3n) is 1.26. The van der Waals surface area contributed by atoms with Crippen LogP contribution >= 0.6 is 18.7 Å². The highest BCUT2D eigenvalue weighted by Gasteiger charge is 2.09. The van der Waals surface area contributed by atoms with E-state index in [9.17, 15) is 0 Å². The van der Waals surface area contributed by atoms with Gasteiger partial charge in [0.05, 0.1) is 6.10 Å². The maximum absolute atomic E-state index is 6.04. The summed E-state index contributed by atoms with van der Waals surface area (Å²) in [6.07, 6.45) is 0.189. The van der Waals surface area contributed by atoms with Crippen molar-refractivity contribution in [1.29, 1.82) is 0 Å². The molecule has 66 valence electrons. The Hall–Kier alpha value is -0.100. The molecule has 0 amide bonds. The molecule has 0 fully saturated rings. The summed E-state index contributed by atoms with van der Waals surface area (Å²) in [6.45, 7) is 3.97. The predicted octanol–water partition coefficient (Wildman–Crippen LogP) is 3.29. The number of benzene rings is 1. The molecule has 1 atom stereocenters. The Morgan fingerprint density at radius 1 is 1.25 bits per heavy atom. The van der Waals surface area contributed by atoms with E-state index < -0.39 is 7.50 Å². The van der Waals surface area contributed by atoms with E-state index in [1.165, 1.54) is 0 Å². The summed E-state index contributed by atoms with van der Waals surface area (Å²) >= 11 is 6.04. The fourth-order valence-electron chi connectivity index (χ4n) is 0.791. The van der Waals surface area contributed by atoms with E-state index in [1.54, 1.807) is 0 Å². The van der Waals surface area contributed by atoms with Crippen molar-refractivity contribution in [2.45, 2.75) is 20.0 Å². The Kier molecular flexibility index (Phi) is 4.00. The van der Waals surface area contributed by atoms with Crippen LogP contribution in [0, 0.1) is 0 Å². The molecule has 0 radical (unpaired) electrons. The van der Waals surface area contributed by atoms with Gasteiger partial charge in [-0.2, -0.15) is 0 Å². The summed E-state index contributed by atoms with van der Waals surface area (Å²) in [5, 5.41) is 1.07. The first-order valence-electron chi connectivity index (χ1n) is 3.88. The summed E-state index contributed by atoms with van der Waals surface area (Å²) in [5.74, 6) is 0. The molecule has 0 aliphatic heterocycles. The van der Waals surface area contributed by atoms with Gasteiger partial charge in [-0.25, -0.2) is 0 Å². The lowest BCUT2D eigenvalue weighted by molar-refractivity contribution is 0.280. The fraction of sp³-hybridized carbons (Fsp3) is 0.333. The lowest BCUT2D eigenvalue weighted by atomic mass is 10.4. The van der Waals surface area contributed by atoms with Crippen LogP contribution in [0.2, 0.25) is 0 Å². The summed E-state index contributed by atoms with van der Waals surface area (Å²) in [7, 11) is -0.943. The second-order valence-electron chi connectivity index (χ2n) is 2.73. The van der Waals surface area contributed by atoms with Gasteiger partial charge in [0.1, 0.15) is 0 Å². The molecular formula is C9H12ClOP. The average molecular weight is 203 g/mol. The first-order valence-corrected chi connectivity index (χ1v) is 6.04. The molecular weight excluding hydrogens is 191 g/mol. The van der Waals surface area contributed by atoms with Crippen LogP contribution in [0.3, 0.4) is 0 Å². The van der Waals surface area contributed by atoms with Crippen molar-refractivity contribution in [3.05, 3.63) is 30.3 Å². The molecule has 1 unspecified atom stereocenters. The minimum Gasteiger partial charge on any atom is -0.337 e. The van der Waals surface area contributed by atoms with Gasteiger partial charge in [0.15, 0.2) is 7.50 Å². The molecule has 0 N–H and O–H groups in total. The SMILES string of the molecule is CC(C)OP(Cl)c1ccccc1.